The van der Waals surface area contributed by atoms with Gasteiger partial charge in [-0.1, -0.05) is 17.7 Å². The van der Waals surface area contributed by atoms with E-state index >= 15 is 0 Å². The van der Waals surface area contributed by atoms with E-state index in [0.29, 0.717) is 0 Å². The molecule has 0 aromatic heterocycles. The zero-order valence-corrected chi connectivity index (χ0v) is 7.50. The zero-order chi connectivity index (χ0) is 9.35. The zero-order valence-electron chi connectivity index (χ0n) is 5.74. The van der Waals surface area contributed by atoms with Gasteiger partial charge in [0.2, 0.25) is 0 Å². The van der Waals surface area contributed by atoms with Crippen LogP contribution in [0.4, 0.5) is 13.2 Å². The van der Waals surface area contributed by atoms with Crippen LogP contribution < -0.4 is 5.19 Å². The lowest BCUT2D eigenvalue weighted by Crippen LogP contribution is -2.11. The van der Waals surface area contributed by atoms with Crippen molar-refractivity contribution in [2.45, 2.75) is 6.18 Å². The molecule has 0 heterocycles. The highest BCUT2D eigenvalue weighted by molar-refractivity contribution is 6.45. The Labute approximate surface area is 75.8 Å². The molecule has 0 saturated carbocycles. The molecular formula is C7H3ClF3Si. The molecule has 1 rings (SSSR count). The molecule has 5 heteroatoms. The topological polar surface area (TPSA) is 0 Å². The molecule has 0 saturated heterocycles. The number of benzene rings is 1. The van der Waals surface area contributed by atoms with Crippen molar-refractivity contribution >= 4 is 27.0 Å². The lowest BCUT2D eigenvalue weighted by atomic mass is 10.2. The van der Waals surface area contributed by atoms with Gasteiger partial charge in [0.25, 0.3) is 0 Å². The molecule has 0 atom stereocenters. The Balaban J connectivity index is 3.14. The minimum absolute atomic E-state index is 0.242. The molecule has 1 aromatic rings. The molecule has 0 nitrogen and oxygen atoms in total. The first-order valence-corrected chi connectivity index (χ1v) is 3.87. The highest BCUT2D eigenvalue weighted by Gasteiger charge is 2.30. The van der Waals surface area contributed by atoms with E-state index in [2.05, 4.69) is 10.2 Å². The van der Waals surface area contributed by atoms with Crippen LogP contribution in [0.15, 0.2) is 18.2 Å². The van der Waals surface area contributed by atoms with E-state index in [1.54, 1.807) is 0 Å². The summed E-state index contributed by atoms with van der Waals surface area (Å²) >= 11 is 5.51. The lowest BCUT2D eigenvalue weighted by Gasteiger charge is -2.07. The summed E-state index contributed by atoms with van der Waals surface area (Å²) < 4.78 is 36.1. The fourth-order valence-corrected chi connectivity index (χ4v) is 1.06. The van der Waals surface area contributed by atoms with E-state index in [0.717, 1.165) is 12.1 Å². The first kappa shape index (κ1) is 9.60. The molecule has 0 unspecified atom stereocenters. The number of hydrogen-bond acceptors (Lipinski definition) is 0. The predicted molar refractivity (Wildman–Crippen MR) is 41.8 cm³/mol. The van der Waals surface area contributed by atoms with Crippen molar-refractivity contribution in [2.75, 3.05) is 0 Å². The first-order chi connectivity index (χ1) is 5.41. The fourth-order valence-electron chi connectivity index (χ4n) is 0.702. The summed E-state index contributed by atoms with van der Waals surface area (Å²) in [5.74, 6) is 0. The predicted octanol–water partition coefficient (Wildman–Crippen LogP) is 2.15. The SMILES string of the molecule is FC(F)(F)c1ccc(Cl)c([Si])c1. The van der Waals surface area contributed by atoms with E-state index in [4.69, 9.17) is 11.6 Å². The number of alkyl halides is 3. The maximum atomic E-state index is 12.0. The van der Waals surface area contributed by atoms with Crippen LogP contribution in [0.2, 0.25) is 5.02 Å². The maximum absolute atomic E-state index is 12.0. The van der Waals surface area contributed by atoms with Crippen LogP contribution in [0.25, 0.3) is 0 Å². The van der Waals surface area contributed by atoms with Gasteiger partial charge < -0.3 is 0 Å². The third kappa shape index (κ3) is 2.01. The Kier molecular flexibility index (Phi) is 2.48. The Morgan fingerprint density at radius 3 is 2.25 bits per heavy atom. The van der Waals surface area contributed by atoms with Crippen molar-refractivity contribution in [1.29, 1.82) is 0 Å². The first-order valence-electron chi connectivity index (χ1n) is 2.99. The summed E-state index contributed by atoms with van der Waals surface area (Å²) in [6, 6.07) is 3.08. The van der Waals surface area contributed by atoms with Gasteiger partial charge in [-0.05, 0) is 17.3 Å². The average Bonchev–Trinajstić information content (AvgIpc) is 1.92. The molecule has 1 aromatic carbocycles. The molecule has 0 aliphatic carbocycles. The highest BCUT2D eigenvalue weighted by Crippen LogP contribution is 2.28. The van der Waals surface area contributed by atoms with Crippen molar-refractivity contribution in [2.24, 2.45) is 0 Å². The van der Waals surface area contributed by atoms with Gasteiger partial charge in [-0.15, -0.1) is 0 Å². The normalized spacial score (nSPS) is 11.8. The smallest absolute Gasteiger partial charge is 0.166 e. The lowest BCUT2D eigenvalue weighted by molar-refractivity contribution is -0.137. The maximum Gasteiger partial charge on any atom is 0.416 e. The standard InChI is InChI=1S/C7H3ClF3Si/c8-5-2-1-4(3-6(5)12)7(9,10)11/h1-3H. The summed E-state index contributed by atoms with van der Waals surface area (Å²) in [7, 11) is 2.96. The highest BCUT2D eigenvalue weighted by atomic mass is 35.5. The molecule has 63 valence electrons. The van der Waals surface area contributed by atoms with E-state index in [-0.39, 0.29) is 10.2 Å². The molecule has 0 N–H and O–H groups in total. The Morgan fingerprint density at radius 1 is 1.25 bits per heavy atom. The third-order valence-corrected chi connectivity index (χ3v) is 2.20. The van der Waals surface area contributed by atoms with Gasteiger partial charge in [0, 0.05) is 5.02 Å². The molecule has 0 bridgehead atoms. The van der Waals surface area contributed by atoms with Crippen LogP contribution >= 0.6 is 11.6 Å². The molecule has 0 spiro atoms. The summed E-state index contributed by atoms with van der Waals surface area (Å²) in [6.45, 7) is 0. The summed E-state index contributed by atoms with van der Waals surface area (Å²) in [6.07, 6.45) is -4.31. The van der Waals surface area contributed by atoms with Crippen LogP contribution in [-0.2, 0) is 6.18 Å². The molecule has 0 aliphatic rings. The van der Waals surface area contributed by atoms with E-state index < -0.39 is 11.7 Å². The number of hydrogen-bond donors (Lipinski definition) is 0. The van der Waals surface area contributed by atoms with Gasteiger partial charge in [-0.2, -0.15) is 13.2 Å². The van der Waals surface area contributed by atoms with Crippen LogP contribution in [0.5, 0.6) is 0 Å². The van der Waals surface area contributed by atoms with Gasteiger partial charge in [0.05, 0.1) is 15.8 Å². The van der Waals surface area contributed by atoms with Crippen molar-refractivity contribution < 1.29 is 13.2 Å². The van der Waals surface area contributed by atoms with Crippen LogP contribution in [0.1, 0.15) is 5.56 Å². The third-order valence-electron chi connectivity index (χ3n) is 1.29. The van der Waals surface area contributed by atoms with Gasteiger partial charge in [-0.25, -0.2) is 0 Å². The minimum Gasteiger partial charge on any atom is -0.166 e. The average molecular weight is 208 g/mol. The largest absolute Gasteiger partial charge is 0.416 e. The fraction of sp³-hybridized carbons (Fsp3) is 0.143. The second-order valence-corrected chi connectivity index (χ2v) is 3.14. The van der Waals surface area contributed by atoms with Gasteiger partial charge in [0.15, 0.2) is 0 Å². The molecule has 0 amide bonds. The van der Waals surface area contributed by atoms with E-state index in [1.165, 1.54) is 6.07 Å². The molecule has 3 radical (unpaired) electrons. The molecular weight excluding hydrogens is 205 g/mol. The van der Waals surface area contributed by atoms with Crippen LogP contribution in [0.3, 0.4) is 0 Å². The number of rotatable bonds is 0. The van der Waals surface area contributed by atoms with Gasteiger partial charge in [0.1, 0.15) is 0 Å². The molecule has 12 heavy (non-hydrogen) atoms. The molecule has 0 fully saturated rings. The second kappa shape index (κ2) is 3.10. The van der Waals surface area contributed by atoms with Gasteiger partial charge in [-0.3, -0.25) is 0 Å². The second-order valence-electron chi connectivity index (χ2n) is 2.19. The Morgan fingerprint density at radius 2 is 1.83 bits per heavy atom. The summed E-state index contributed by atoms with van der Waals surface area (Å²) in [4.78, 5) is 0. The monoisotopic (exact) mass is 207 g/mol. The summed E-state index contributed by atoms with van der Waals surface area (Å²) in [5.41, 5.74) is -0.711. The van der Waals surface area contributed by atoms with Crippen LogP contribution in [-0.4, -0.2) is 10.2 Å². The van der Waals surface area contributed by atoms with Gasteiger partial charge >= 0.3 is 6.18 Å². The van der Waals surface area contributed by atoms with Crippen molar-refractivity contribution in [3.63, 3.8) is 0 Å². The quantitative estimate of drug-likeness (QED) is 0.572. The summed E-state index contributed by atoms with van der Waals surface area (Å²) in [5, 5.41) is 0.506. The van der Waals surface area contributed by atoms with Crippen LogP contribution in [0, 0.1) is 0 Å². The number of halogens is 4. The van der Waals surface area contributed by atoms with E-state index in [1.807, 2.05) is 0 Å². The Hall–Kier alpha value is -0.483. The Bertz CT molecular complexity index is 295. The van der Waals surface area contributed by atoms with Crippen molar-refractivity contribution in [3.8, 4) is 0 Å². The molecule has 0 aliphatic heterocycles. The van der Waals surface area contributed by atoms with Crippen molar-refractivity contribution in [3.05, 3.63) is 28.8 Å². The van der Waals surface area contributed by atoms with E-state index in [9.17, 15) is 13.2 Å². The minimum atomic E-state index is -4.31. The van der Waals surface area contributed by atoms with Crippen molar-refractivity contribution in [1.82, 2.24) is 0 Å².